The normalized spacial score (nSPS) is 12.5. The first-order valence-corrected chi connectivity index (χ1v) is 5.56. The minimum atomic E-state index is 0.452. The zero-order valence-corrected chi connectivity index (χ0v) is 10.4. The molecule has 1 rings (SSSR count). The van der Waals surface area contributed by atoms with Gasteiger partial charge in [0.05, 0.1) is 6.61 Å². The number of anilines is 1. The van der Waals surface area contributed by atoms with Crippen molar-refractivity contribution in [2.45, 2.75) is 6.92 Å². The summed E-state index contributed by atoms with van der Waals surface area (Å²) in [4.78, 5) is 0. The molecule has 0 fully saturated rings. The van der Waals surface area contributed by atoms with Crippen molar-refractivity contribution < 1.29 is 4.74 Å². The Morgan fingerprint density at radius 3 is 2.40 bits per heavy atom. The minimum Gasteiger partial charge on any atom is -0.385 e. The Morgan fingerprint density at radius 2 is 1.87 bits per heavy atom. The average molecular weight is 248 g/mol. The summed E-state index contributed by atoms with van der Waals surface area (Å²) >= 11 is 11.8. The van der Waals surface area contributed by atoms with Gasteiger partial charge in [0.15, 0.2) is 0 Å². The Hall–Kier alpha value is -0.440. The maximum Gasteiger partial charge on any atom is 0.0504 e. The van der Waals surface area contributed by atoms with Gasteiger partial charge in [-0.15, -0.1) is 0 Å². The zero-order chi connectivity index (χ0) is 11.3. The predicted octanol–water partition coefficient (Wildman–Crippen LogP) is 3.69. The van der Waals surface area contributed by atoms with Gasteiger partial charge in [-0.2, -0.15) is 0 Å². The van der Waals surface area contributed by atoms with Crippen molar-refractivity contribution >= 4 is 28.9 Å². The quantitative estimate of drug-likeness (QED) is 0.858. The summed E-state index contributed by atoms with van der Waals surface area (Å²) in [5.74, 6) is 0.452. The van der Waals surface area contributed by atoms with Crippen molar-refractivity contribution in [3.05, 3.63) is 28.2 Å². The van der Waals surface area contributed by atoms with Crippen LogP contribution in [0, 0.1) is 5.92 Å². The van der Waals surface area contributed by atoms with Crippen LogP contribution in [-0.2, 0) is 4.74 Å². The topological polar surface area (TPSA) is 21.3 Å². The van der Waals surface area contributed by atoms with E-state index in [0.717, 1.165) is 18.8 Å². The molecule has 0 bridgehead atoms. The highest BCUT2D eigenvalue weighted by atomic mass is 35.5. The van der Waals surface area contributed by atoms with Gasteiger partial charge in [-0.3, -0.25) is 0 Å². The Labute approximate surface area is 101 Å². The molecule has 1 aromatic rings. The van der Waals surface area contributed by atoms with Crippen LogP contribution in [0.1, 0.15) is 6.92 Å². The van der Waals surface area contributed by atoms with E-state index in [1.807, 2.05) is 12.1 Å². The maximum atomic E-state index is 5.88. The van der Waals surface area contributed by atoms with E-state index >= 15 is 0 Å². The molecule has 1 N–H and O–H groups in total. The third-order valence-corrected chi connectivity index (χ3v) is 2.40. The summed E-state index contributed by atoms with van der Waals surface area (Å²) in [7, 11) is 1.70. The van der Waals surface area contributed by atoms with Crippen LogP contribution in [0.5, 0.6) is 0 Å². The van der Waals surface area contributed by atoms with E-state index in [4.69, 9.17) is 27.9 Å². The minimum absolute atomic E-state index is 0.452. The molecule has 0 radical (unpaired) electrons. The van der Waals surface area contributed by atoms with Gasteiger partial charge in [0.1, 0.15) is 0 Å². The fourth-order valence-electron chi connectivity index (χ4n) is 1.29. The summed E-state index contributed by atoms with van der Waals surface area (Å²) in [6.45, 7) is 3.69. The molecular weight excluding hydrogens is 233 g/mol. The number of methoxy groups -OCH3 is 1. The standard InChI is InChI=1S/C11H15Cl2NO/c1-8(7-15-2)6-14-11-4-9(12)3-10(13)5-11/h3-5,8,14H,6-7H2,1-2H3. The van der Waals surface area contributed by atoms with Gasteiger partial charge >= 0.3 is 0 Å². The van der Waals surface area contributed by atoms with Crippen molar-refractivity contribution in [3.8, 4) is 0 Å². The molecule has 0 heterocycles. The van der Waals surface area contributed by atoms with E-state index in [2.05, 4.69) is 12.2 Å². The number of rotatable bonds is 5. The van der Waals surface area contributed by atoms with Crippen LogP contribution < -0.4 is 5.32 Å². The molecule has 1 aromatic carbocycles. The van der Waals surface area contributed by atoms with Gasteiger partial charge in [0.25, 0.3) is 0 Å². The molecule has 2 nitrogen and oxygen atoms in total. The second-order valence-electron chi connectivity index (χ2n) is 3.60. The summed E-state index contributed by atoms with van der Waals surface area (Å²) in [5, 5.41) is 4.55. The SMILES string of the molecule is COCC(C)CNc1cc(Cl)cc(Cl)c1. The second-order valence-corrected chi connectivity index (χ2v) is 4.47. The van der Waals surface area contributed by atoms with Gasteiger partial charge in [-0.1, -0.05) is 30.1 Å². The maximum absolute atomic E-state index is 5.88. The highest BCUT2D eigenvalue weighted by Gasteiger charge is 2.02. The average Bonchev–Trinajstić information content (AvgIpc) is 2.14. The molecule has 0 saturated heterocycles. The lowest BCUT2D eigenvalue weighted by Crippen LogP contribution is -2.15. The van der Waals surface area contributed by atoms with Crippen LogP contribution in [0.4, 0.5) is 5.69 Å². The van der Waals surface area contributed by atoms with Crippen LogP contribution in [-0.4, -0.2) is 20.3 Å². The van der Waals surface area contributed by atoms with Crippen LogP contribution in [0.2, 0.25) is 10.0 Å². The molecular formula is C11H15Cl2NO. The lowest BCUT2D eigenvalue weighted by Gasteiger charge is -2.12. The Bertz CT molecular complexity index is 297. The fraction of sp³-hybridized carbons (Fsp3) is 0.455. The van der Waals surface area contributed by atoms with Crippen molar-refractivity contribution in [3.63, 3.8) is 0 Å². The Balaban J connectivity index is 2.50. The number of halogens is 2. The molecule has 15 heavy (non-hydrogen) atoms. The highest BCUT2D eigenvalue weighted by molar-refractivity contribution is 6.35. The first-order valence-electron chi connectivity index (χ1n) is 4.80. The molecule has 84 valence electrons. The van der Waals surface area contributed by atoms with E-state index in [1.165, 1.54) is 0 Å². The molecule has 0 saturated carbocycles. The largest absolute Gasteiger partial charge is 0.385 e. The molecule has 0 amide bonds. The number of hydrogen-bond acceptors (Lipinski definition) is 2. The summed E-state index contributed by atoms with van der Waals surface area (Å²) in [5.41, 5.74) is 0.940. The Kier molecular flexibility index (Phi) is 5.23. The third-order valence-electron chi connectivity index (χ3n) is 1.97. The van der Waals surface area contributed by atoms with Gasteiger partial charge < -0.3 is 10.1 Å². The summed E-state index contributed by atoms with van der Waals surface area (Å²) in [6.07, 6.45) is 0. The number of nitrogens with one attached hydrogen (secondary N) is 1. The molecule has 0 aromatic heterocycles. The van der Waals surface area contributed by atoms with E-state index in [1.54, 1.807) is 13.2 Å². The lowest BCUT2D eigenvalue weighted by atomic mass is 10.2. The van der Waals surface area contributed by atoms with Crippen molar-refractivity contribution in [1.29, 1.82) is 0 Å². The van der Waals surface area contributed by atoms with Crippen molar-refractivity contribution in [2.75, 3.05) is 25.6 Å². The highest BCUT2D eigenvalue weighted by Crippen LogP contribution is 2.22. The van der Waals surface area contributed by atoms with Crippen LogP contribution in [0.3, 0.4) is 0 Å². The monoisotopic (exact) mass is 247 g/mol. The van der Waals surface area contributed by atoms with Gasteiger partial charge in [-0.25, -0.2) is 0 Å². The Morgan fingerprint density at radius 1 is 1.27 bits per heavy atom. The number of hydrogen-bond donors (Lipinski definition) is 1. The number of ether oxygens (including phenoxy) is 1. The van der Waals surface area contributed by atoms with Crippen LogP contribution in [0.15, 0.2) is 18.2 Å². The van der Waals surface area contributed by atoms with Gasteiger partial charge in [-0.05, 0) is 24.1 Å². The van der Waals surface area contributed by atoms with E-state index in [0.29, 0.717) is 16.0 Å². The van der Waals surface area contributed by atoms with Crippen molar-refractivity contribution in [2.24, 2.45) is 5.92 Å². The molecule has 0 aliphatic heterocycles. The van der Waals surface area contributed by atoms with Crippen molar-refractivity contribution in [1.82, 2.24) is 0 Å². The van der Waals surface area contributed by atoms with Gasteiger partial charge in [0, 0.05) is 29.4 Å². The first kappa shape index (κ1) is 12.6. The zero-order valence-electron chi connectivity index (χ0n) is 8.89. The molecule has 0 aliphatic rings. The van der Waals surface area contributed by atoms with E-state index < -0.39 is 0 Å². The molecule has 0 spiro atoms. The van der Waals surface area contributed by atoms with E-state index in [-0.39, 0.29) is 0 Å². The molecule has 1 unspecified atom stereocenters. The smallest absolute Gasteiger partial charge is 0.0504 e. The first-order chi connectivity index (χ1) is 7.11. The predicted molar refractivity (Wildman–Crippen MR) is 66.0 cm³/mol. The third kappa shape index (κ3) is 4.74. The second kappa shape index (κ2) is 6.21. The van der Waals surface area contributed by atoms with Gasteiger partial charge in [0.2, 0.25) is 0 Å². The van der Waals surface area contributed by atoms with Crippen LogP contribution >= 0.6 is 23.2 Å². The lowest BCUT2D eigenvalue weighted by molar-refractivity contribution is 0.164. The summed E-state index contributed by atoms with van der Waals surface area (Å²) in [6, 6.07) is 5.42. The molecule has 4 heteroatoms. The fourth-order valence-corrected chi connectivity index (χ4v) is 1.82. The van der Waals surface area contributed by atoms with Crippen LogP contribution in [0.25, 0.3) is 0 Å². The molecule has 0 aliphatic carbocycles. The summed E-state index contributed by atoms with van der Waals surface area (Å²) < 4.78 is 5.05. The molecule has 1 atom stereocenters. The van der Waals surface area contributed by atoms with E-state index in [9.17, 15) is 0 Å². The number of benzene rings is 1.